The molecule has 1 aromatic rings. The fourth-order valence-electron chi connectivity index (χ4n) is 2.37. The zero-order chi connectivity index (χ0) is 11.5. The maximum Gasteiger partial charge on any atom is 0.0702 e. The van der Waals surface area contributed by atoms with Crippen LogP contribution in [0.1, 0.15) is 25.3 Å². The van der Waals surface area contributed by atoms with Crippen LogP contribution in [-0.4, -0.2) is 18.2 Å². The van der Waals surface area contributed by atoms with Gasteiger partial charge in [-0.15, -0.1) is 0 Å². The molecule has 0 amide bonds. The van der Waals surface area contributed by atoms with E-state index in [1.807, 2.05) is 12.1 Å². The first-order valence-corrected chi connectivity index (χ1v) is 6.64. The molecule has 2 nitrogen and oxygen atoms in total. The number of piperidine rings is 1. The fraction of sp³-hybridized carbons (Fsp3) is 0.538. The Hall–Kier alpha value is -0.540. The van der Waals surface area contributed by atoms with Crippen molar-refractivity contribution < 1.29 is 5.11 Å². The van der Waals surface area contributed by atoms with Crippen LogP contribution in [0.4, 0.5) is 5.69 Å². The van der Waals surface area contributed by atoms with Crippen molar-refractivity contribution in [1.82, 2.24) is 0 Å². The summed E-state index contributed by atoms with van der Waals surface area (Å²) < 4.78 is 1.08. The molecule has 1 heterocycles. The molecule has 1 fully saturated rings. The van der Waals surface area contributed by atoms with E-state index < -0.39 is 0 Å². The highest BCUT2D eigenvalue weighted by atomic mass is 79.9. The molecule has 3 heteroatoms. The topological polar surface area (TPSA) is 23.5 Å². The first kappa shape index (κ1) is 11.9. The Labute approximate surface area is 105 Å². The van der Waals surface area contributed by atoms with Crippen LogP contribution >= 0.6 is 15.9 Å². The number of anilines is 1. The molecule has 0 saturated carbocycles. The van der Waals surface area contributed by atoms with E-state index in [-0.39, 0.29) is 6.61 Å². The SMILES string of the molecule is CC1CCCN(c2cc(Br)ccc2CO)C1. The van der Waals surface area contributed by atoms with Crippen molar-refractivity contribution in [1.29, 1.82) is 0 Å². The Kier molecular flexibility index (Phi) is 3.87. The van der Waals surface area contributed by atoms with Crippen molar-refractivity contribution in [2.24, 2.45) is 5.92 Å². The molecule has 0 radical (unpaired) electrons. The van der Waals surface area contributed by atoms with Gasteiger partial charge in [0, 0.05) is 28.8 Å². The molecule has 1 aromatic carbocycles. The third-order valence-electron chi connectivity index (χ3n) is 3.22. The van der Waals surface area contributed by atoms with E-state index in [9.17, 15) is 5.11 Å². The van der Waals surface area contributed by atoms with Crippen LogP contribution in [0.15, 0.2) is 22.7 Å². The molecule has 1 saturated heterocycles. The molecule has 2 rings (SSSR count). The van der Waals surface area contributed by atoms with E-state index in [4.69, 9.17) is 0 Å². The second kappa shape index (κ2) is 5.19. The average molecular weight is 284 g/mol. The summed E-state index contributed by atoms with van der Waals surface area (Å²) >= 11 is 3.50. The maximum absolute atomic E-state index is 9.36. The van der Waals surface area contributed by atoms with Crippen LogP contribution in [0.5, 0.6) is 0 Å². The third kappa shape index (κ3) is 2.58. The van der Waals surface area contributed by atoms with E-state index in [1.165, 1.54) is 18.5 Å². The number of halogens is 1. The lowest BCUT2D eigenvalue weighted by Gasteiger charge is -2.34. The van der Waals surface area contributed by atoms with Crippen LogP contribution in [-0.2, 0) is 6.61 Å². The van der Waals surface area contributed by atoms with Gasteiger partial charge in [-0.1, -0.05) is 28.9 Å². The van der Waals surface area contributed by atoms with Crippen molar-refractivity contribution in [3.8, 4) is 0 Å². The number of nitrogens with zero attached hydrogens (tertiary/aromatic N) is 1. The Morgan fingerprint density at radius 3 is 3.00 bits per heavy atom. The second-order valence-electron chi connectivity index (χ2n) is 4.62. The number of aliphatic hydroxyl groups is 1. The van der Waals surface area contributed by atoms with Crippen LogP contribution in [0.2, 0.25) is 0 Å². The van der Waals surface area contributed by atoms with Crippen molar-refractivity contribution in [2.45, 2.75) is 26.4 Å². The minimum atomic E-state index is 0.119. The molecule has 1 aliphatic heterocycles. The predicted molar refractivity (Wildman–Crippen MR) is 70.7 cm³/mol. The summed E-state index contributed by atoms with van der Waals surface area (Å²) in [5, 5.41) is 9.36. The molecule has 0 spiro atoms. The van der Waals surface area contributed by atoms with Gasteiger partial charge in [-0.25, -0.2) is 0 Å². The number of benzene rings is 1. The molecule has 0 aliphatic carbocycles. The van der Waals surface area contributed by atoms with Crippen LogP contribution in [0.25, 0.3) is 0 Å². The summed E-state index contributed by atoms with van der Waals surface area (Å²) in [6, 6.07) is 6.10. The predicted octanol–water partition coefficient (Wildman–Crippen LogP) is 3.18. The molecule has 16 heavy (non-hydrogen) atoms. The Morgan fingerprint density at radius 1 is 1.50 bits per heavy atom. The lowest BCUT2D eigenvalue weighted by molar-refractivity contribution is 0.281. The zero-order valence-corrected chi connectivity index (χ0v) is 11.2. The van der Waals surface area contributed by atoms with E-state index in [2.05, 4.69) is 33.8 Å². The zero-order valence-electron chi connectivity index (χ0n) is 9.62. The highest BCUT2D eigenvalue weighted by Gasteiger charge is 2.18. The minimum absolute atomic E-state index is 0.119. The average Bonchev–Trinajstić information content (AvgIpc) is 2.29. The lowest BCUT2D eigenvalue weighted by atomic mass is 9.99. The van der Waals surface area contributed by atoms with Crippen molar-refractivity contribution in [2.75, 3.05) is 18.0 Å². The first-order valence-electron chi connectivity index (χ1n) is 5.85. The number of rotatable bonds is 2. The smallest absolute Gasteiger partial charge is 0.0702 e. The monoisotopic (exact) mass is 283 g/mol. The number of aliphatic hydroxyl groups excluding tert-OH is 1. The van der Waals surface area contributed by atoms with Gasteiger partial charge in [0.25, 0.3) is 0 Å². The molecule has 88 valence electrons. The molecule has 1 unspecified atom stereocenters. The van der Waals surface area contributed by atoms with Gasteiger partial charge >= 0.3 is 0 Å². The summed E-state index contributed by atoms with van der Waals surface area (Å²) in [7, 11) is 0. The van der Waals surface area contributed by atoms with E-state index in [1.54, 1.807) is 0 Å². The minimum Gasteiger partial charge on any atom is -0.392 e. The first-order chi connectivity index (χ1) is 7.70. The van der Waals surface area contributed by atoms with Crippen LogP contribution < -0.4 is 4.90 Å². The fourth-order valence-corrected chi connectivity index (χ4v) is 2.72. The summed E-state index contributed by atoms with van der Waals surface area (Å²) in [6.07, 6.45) is 2.57. The second-order valence-corrected chi connectivity index (χ2v) is 5.54. The van der Waals surface area contributed by atoms with E-state index in [0.717, 1.165) is 29.0 Å². The highest BCUT2D eigenvalue weighted by molar-refractivity contribution is 9.10. The van der Waals surface area contributed by atoms with Gasteiger partial charge in [0.1, 0.15) is 0 Å². The summed E-state index contributed by atoms with van der Waals surface area (Å²) in [6.45, 7) is 4.62. The third-order valence-corrected chi connectivity index (χ3v) is 3.71. The molecule has 1 aliphatic rings. The molecule has 1 atom stereocenters. The Bertz CT molecular complexity index is 367. The highest BCUT2D eigenvalue weighted by Crippen LogP contribution is 2.29. The van der Waals surface area contributed by atoms with Gasteiger partial charge in [-0.2, -0.15) is 0 Å². The normalized spacial score (nSPS) is 21.2. The van der Waals surface area contributed by atoms with Gasteiger partial charge in [-0.05, 0) is 30.9 Å². The van der Waals surface area contributed by atoms with Gasteiger partial charge in [-0.3, -0.25) is 0 Å². The Morgan fingerprint density at radius 2 is 2.31 bits per heavy atom. The number of hydrogen-bond acceptors (Lipinski definition) is 2. The quantitative estimate of drug-likeness (QED) is 0.901. The molecular formula is C13H18BrNO. The van der Waals surface area contributed by atoms with Crippen molar-refractivity contribution in [3.63, 3.8) is 0 Å². The van der Waals surface area contributed by atoms with Gasteiger partial charge in [0.2, 0.25) is 0 Å². The molecule has 0 aromatic heterocycles. The summed E-state index contributed by atoms with van der Waals surface area (Å²) in [5.74, 6) is 0.749. The molecule has 0 bridgehead atoms. The van der Waals surface area contributed by atoms with E-state index in [0.29, 0.717) is 0 Å². The molecule has 1 N–H and O–H groups in total. The molecular weight excluding hydrogens is 266 g/mol. The largest absolute Gasteiger partial charge is 0.392 e. The Balaban J connectivity index is 2.26. The van der Waals surface area contributed by atoms with Gasteiger partial charge in [0.15, 0.2) is 0 Å². The standard InChI is InChI=1S/C13H18BrNO/c1-10-3-2-6-15(8-10)13-7-12(14)5-4-11(13)9-16/h4-5,7,10,16H,2-3,6,8-9H2,1H3. The number of hydrogen-bond donors (Lipinski definition) is 1. The summed E-state index contributed by atoms with van der Waals surface area (Å²) in [4.78, 5) is 2.39. The van der Waals surface area contributed by atoms with Gasteiger partial charge < -0.3 is 10.0 Å². The summed E-state index contributed by atoms with van der Waals surface area (Å²) in [5.41, 5.74) is 2.21. The maximum atomic E-state index is 9.36. The van der Waals surface area contributed by atoms with Gasteiger partial charge in [0.05, 0.1) is 6.61 Å². The van der Waals surface area contributed by atoms with Crippen LogP contribution in [0, 0.1) is 5.92 Å². The van der Waals surface area contributed by atoms with E-state index >= 15 is 0 Å². The van der Waals surface area contributed by atoms with Crippen molar-refractivity contribution in [3.05, 3.63) is 28.2 Å². The van der Waals surface area contributed by atoms with Crippen LogP contribution in [0.3, 0.4) is 0 Å². The van der Waals surface area contributed by atoms with Crippen molar-refractivity contribution >= 4 is 21.6 Å². The lowest BCUT2D eigenvalue weighted by Crippen LogP contribution is -2.34.